The van der Waals surface area contributed by atoms with Crippen molar-refractivity contribution in [1.82, 2.24) is 0 Å². The molecule has 0 N–H and O–H groups in total. The van der Waals surface area contributed by atoms with Crippen molar-refractivity contribution >= 4 is 71.2 Å². The van der Waals surface area contributed by atoms with Crippen LogP contribution in [0.15, 0.2) is 139 Å². The molecule has 0 unspecified atom stereocenters. The molecule has 0 aromatic heterocycles. The van der Waals surface area contributed by atoms with Crippen molar-refractivity contribution in [3.8, 4) is 0 Å². The van der Waals surface area contributed by atoms with Gasteiger partial charge in [0.05, 0.1) is 29.4 Å². The maximum Gasteiger partial charge on any atom is 0.289 e. The van der Waals surface area contributed by atoms with Crippen LogP contribution in [0.25, 0.3) is 0 Å². The molecule has 4 aromatic rings. The fraction of sp³-hybridized carbons (Fsp3) is 0.0400. The Morgan fingerprint density at radius 2 is 0.590 bits per heavy atom. The van der Waals surface area contributed by atoms with Gasteiger partial charge in [0, 0.05) is 0 Å². The van der Waals surface area contributed by atoms with Gasteiger partial charge in [-0.15, -0.1) is 0 Å². The lowest BCUT2D eigenvalue weighted by molar-refractivity contribution is 0.582. The molecule has 0 spiro atoms. The first-order valence-corrected chi connectivity index (χ1v) is 18.3. The lowest BCUT2D eigenvalue weighted by atomic mass is 10.4. The number of hydrogen-bond acceptors (Lipinski definition) is 8. The highest BCUT2D eigenvalue weighted by molar-refractivity contribution is 9.30. The average molecular weight is 734 g/mol. The zero-order valence-electron chi connectivity index (χ0n) is 19.5. The van der Waals surface area contributed by atoms with Crippen LogP contribution in [0, 0.1) is 0 Å². The minimum atomic E-state index is -4.72. The maximum absolute atomic E-state index is 13.4. The third kappa shape index (κ3) is 5.25. The van der Waals surface area contributed by atoms with Crippen LogP contribution >= 0.6 is 31.9 Å². The van der Waals surface area contributed by atoms with Gasteiger partial charge in [-0.05, 0) is 105 Å². The van der Waals surface area contributed by atoms with Crippen LogP contribution in [0.3, 0.4) is 0 Å². The number of alkyl halides is 2. The van der Waals surface area contributed by atoms with Gasteiger partial charge in [0.2, 0.25) is 39.3 Å². The van der Waals surface area contributed by atoms with Crippen LogP contribution in [-0.4, -0.2) is 35.6 Å². The largest absolute Gasteiger partial charge is 0.289 e. The van der Waals surface area contributed by atoms with Gasteiger partial charge in [0.15, 0.2) is 0 Å². The quantitative estimate of drug-likeness (QED) is 0.231. The average Bonchev–Trinajstić information content (AvgIpc) is 2.94. The van der Waals surface area contributed by atoms with Crippen molar-refractivity contribution in [2.45, 2.75) is 31.3 Å². The molecule has 0 bridgehead atoms. The highest BCUT2D eigenvalue weighted by atomic mass is 79.9. The summed E-state index contributed by atoms with van der Waals surface area (Å²) in [7, 11) is -17.3. The fourth-order valence-electron chi connectivity index (χ4n) is 3.49. The zero-order chi connectivity index (χ0) is 28.7. The van der Waals surface area contributed by atoms with Gasteiger partial charge in [-0.1, -0.05) is 36.4 Å². The minimum Gasteiger partial charge on any atom is -0.220 e. The Hall–Kier alpha value is -2.36. The summed E-state index contributed by atoms with van der Waals surface area (Å²) in [6.07, 6.45) is 0. The van der Waals surface area contributed by atoms with E-state index in [2.05, 4.69) is 31.9 Å². The van der Waals surface area contributed by atoms with Crippen molar-refractivity contribution in [1.29, 1.82) is 0 Å². The standard InChI is InChI=1S/C25H18Br2O8S4/c26-25(27,38(32,33)23-15-11-21(12-16-23)36(28,29)19-7-3-1-4-8-19)39(34,35)24-17-13-22(14-18-24)37(30,31)20-9-5-2-6-10-20/h1-18H. The predicted molar refractivity (Wildman–Crippen MR) is 152 cm³/mol. The van der Waals surface area contributed by atoms with Crippen LogP contribution in [0.5, 0.6) is 0 Å². The molecule has 0 saturated heterocycles. The molecule has 0 fully saturated rings. The van der Waals surface area contributed by atoms with Gasteiger partial charge in [-0.25, -0.2) is 33.7 Å². The van der Waals surface area contributed by atoms with E-state index in [9.17, 15) is 33.7 Å². The van der Waals surface area contributed by atoms with E-state index in [0.717, 1.165) is 48.5 Å². The monoisotopic (exact) mass is 732 g/mol. The second-order valence-electron chi connectivity index (χ2n) is 8.05. The number of hydrogen-bond donors (Lipinski definition) is 0. The molecule has 0 amide bonds. The fourth-order valence-corrected chi connectivity index (χ4v) is 11.6. The number of halogens is 2. The topological polar surface area (TPSA) is 137 Å². The Morgan fingerprint density at radius 1 is 0.359 bits per heavy atom. The van der Waals surface area contributed by atoms with E-state index < -0.39 is 51.0 Å². The highest BCUT2D eigenvalue weighted by Crippen LogP contribution is 2.46. The number of rotatable bonds is 8. The Morgan fingerprint density at radius 3 is 0.872 bits per heavy atom. The van der Waals surface area contributed by atoms with Gasteiger partial charge in [0.25, 0.3) is 1.90 Å². The summed E-state index contributed by atoms with van der Waals surface area (Å²) >= 11 is 5.58. The molecular formula is C25H18Br2O8S4. The molecular weight excluding hydrogens is 716 g/mol. The highest BCUT2D eigenvalue weighted by Gasteiger charge is 2.52. The van der Waals surface area contributed by atoms with E-state index in [1.54, 1.807) is 36.4 Å². The Labute approximate surface area is 243 Å². The summed E-state index contributed by atoms with van der Waals surface area (Å²) in [5.74, 6) is 0. The van der Waals surface area contributed by atoms with Gasteiger partial charge < -0.3 is 0 Å². The summed E-state index contributed by atoms with van der Waals surface area (Å²) in [6.45, 7) is 0. The van der Waals surface area contributed by atoms with Crippen LogP contribution in [-0.2, 0) is 39.3 Å². The summed E-state index contributed by atoms with van der Waals surface area (Å²) in [4.78, 5) is -1.29. The van der Waals surface area contributed by atoms with E-state index in [-0.39, 0.29) is 19.6 Å². The Bertz CT molecular complexity index is 1800. The van der Waals surface area contributed by atoms with E-state index in [0.29, 0.717) is 0 Å². The van der Waals surface area contributed by atoms with Crippen LogP contribution in [0.4, 0.5) is 0 Å². The van der Waals surface area contributed by atoms with Crippen molar-refractivity contribution < 1.29 is 33.7 Å². The van der Waals surface area contributed by atoms with E-state index >= 15 is 0 Å². The van der Waals surface area contributed by atoms with Crippen molar-refractivity contribution in [3.05, 3.63) is 109 Å². The maximum atomic E-state index is 13.4. The molecule has 8 nitrogen and oxygen atoms in total. The van der Waals surface area contributed by atoms with Crippen LogP contribution in [0.2, 0.25) is 0 Å². The summed E-state index contributed by atoms with van der Waals surface area (Å²) in [6, 6.07) is 23.3. The van der Waals surface area contributed by atoms with Gasteiger partial charge in [-0.3, -0.25) is 0 Å². The van der Waals surface area contributed by atoms with Gasteiger partial charge in [0.1, 0.15) is 0 Å². The minimum absolute atomic E-state index is 0.0104. The third-order valence-corrected chi connectivity index (χ3v) is 18.7. The van der Waals surface area contributed by atoms with Crippen molar-refractivity contribution in [2.75, 3.05) is 0 Å². The molecule has 4 rings (SSSR count). The zero-order valence-corrected chi connectivity index (χ0v) is 26.0. The first kappa shape index (κ1) is 29.6. The smallest absolute Gasteiger partial charge is 0.220 e. The van der Waals surface area contributed by atoms with Gasteiger partial charge >= 0.3 is 0 Å². The third-order valence-electron chi connectivity index (χ3n) is 5.62. The summed E-state index contributed by atoms with van der Waals surface area (Å²) in [5, 5.41) is 0. The molecule has 4 aromatic carbocycles. The molecule has 0 aliphatic heterocycles. The number of sulfone groups is 4. The number of benzene rings is 4. The molecule has 39 heavy (non-hydrogen) atoms. The van der Waals surface area contributed by atoms with Crippen LogP contribution in [0.1, 0.15) is 0 Å². The van der Waals surface area contributed by atoms with Crippen molar-refractivity contribution in [3.63, 3.8) is 0 Å². The second kappa shape index (κ2) is 10.6. The normalized spacial score (nSPS) is 13.2. The van der Waals surface area contributed by atoms with E-state index in [4.69, 9.17) is 0 Å². The van der Waals surface area contributed by atoms with E-state index in [1.807, 2.05) is 0 Å². The molecule has 0 aliphatic rings. The molecule has 0 radical (unpaired) electrons. The van der Waals surface area contributed by atoms with Crippen molar-refractivity contribution in [2.24, 2.45) is 0 Å². The van der Waals surface area contributed by atoms with E-state index in [1.165, 1.54) is 24.3 Å². The molecule has 0 aliphatic carbocycles. The van der Waals surface area contributed by atoms with Crippen LogP contribution < -0.4 is 0 Å². The summed E-state index contributed by atoms with van der Waals surface area (Å²) in [5.41, 5.74) is 0. The lowest BCUT2D eigenvalue weighted by Gasteiger charge is -2.22. The first-order valence-electron chi connectivity index (χ1n) is 10.8. The summed E-state index contributed by atoms with van der Waals surface area (Å²) < 4.78 is 102. The molecule has 204 valence electrons. The SMILES string of the molecule is O=S(=O)(c1ccccc1)c1ccc(S(=O)(=O)C(Br)(Br)S(=O)(=O)c2ccc(S(=O)(=O)c3ccccc3)cc2)cc1. The first-order chi connectivity index (χ1) is 18.1. The predicted octanol–water partition coefficient (Wildman–Crippen LogP) is 5.00. The molecule has 0 saturated carbocycles. The second-order valence-corrected chi connectivity index (χ2v) is 21.9. The molecule has 0 atom stereocenters. The van der Waals surface area contributed by atoms with Gasteiger partial charge in [-0.2, -0.15) is 0 Å². The Balaban J connectivity index is 1.67. The Kier molecular flexibility index (Phi) is 8.02. The molecule has 14 heteroatoms. The lowest BCUT2D eigenvalue weighted by Crippen LogP contribution is -2.34. The molecule has 0 heterocycles.